The van der Waals surface area contributed by atoms with E-state index >= 15 is 0 Å². The summed E-state index contributed by atoms with van der Waals surface area (Å²) in [6, 6.07) is 12.0. The molecule has 7 nitrogen and oxygen atoms in total. The molecule has 2 aromatic carbocycles. The summed E-state index contributed by atoms with van der Waals surface area (Å²) < 4.78 is 10.5. The lowest BCUT2D eigenvalue weighted by atomic mass is 10.2. The largest absolute Gasteiger partial charge is 0.495 e. The summed E-state index contributed by atoms with van der Waals surface area (Å²) in [5.41, 5.74) is 1.15. The minimum atomic E-state index is -0.328. The van der Waals surface area contributed by atoms with E-state index in [0.29, 0.717) is 41.0 Å². The van der Waals surface area contributed by atoms with Gasteiger partial charge in [-0.1, -0.05) is 23.7 Å². The van der Waals surface area contributed by atoms with Crippen LogP contribution in [0.15, 0.2) is 42.5 Å². The summed E-state index contributed by atoms with van der Waals surface area (Å²) >= 11 is 5.98. The Labute approximate surface area is 162 Å². The normalized spacial score (nSPS) is 13.7. The maximum atomic E-state index is 12.7. The Morgan fingerprint density at radius 2 is 1.85 bits per heavy atom. The lowest BCUT2D eigenvalue weighted by Gasteiger charge is -2.20. The predicted octanol–water partition coefficient (Wildman–Crippen LogP) is 3.24. The molecule has 0 atom stereocenters. The molecule has 0 saturated carbocycles. The van der Waals surface area contributed by atoms with Crippen molar-refractivity contribution in [3.05, 3.63) is 47.5 Å². The van der Waals surface area contributed by atoms with E-state index in [9.17, 15) is 9.59 Å². The Kier molecular flexibility index (Phi) is 5.71. The fourth-order valence-electron chi connectivity index (χ4n) is 2.95. The second-order valence-corrected chi connectivity index (χ2v) is 6.36. The monoisotopic (exact) mass is 389 g/mol. The van der Waals surface area contributed by atoms with Gasteiger partial charge in [-0.3, -0.25) is 9.69 Å². The highest BCUT2D eigenvalue weighted by atomic mass is 35.5. The molecule has 142 valence electrons. The number of para-hydroxylation sites is 2. The third-order valence-corrected chi connectivity index (χ3v) is 4.48. The molecule has 0 radical (unpaired) electrons. The van der Waals surface area contributed by atoms with Gasteiger partial charge in [-0.05, 0) is 30.3 Å². The van der Waals surface area contributed by atoms with E-state index in [1.165, 1.54) is 12.0 Å². The van der Waals surface area contributed by atoms with E-state index in [2.05, 4.69) is 5.32 Å². The summed E-state index contributed by atoms with van der Waals surface area (Å²) in [6.07, 6.45) is 0. The smallest absolute Gasteiger partial charge is 0.325 e. The number of rotatable bonds is 6. The van der Waals surface area contributed by atoms with Crippen molar-refractivity contribution in [1.82, 2.24) is 4.90 Å². The molecule has 1 heterocycles. The first-order valence-corrected chi connectivity index (χ1v) is 8.74. The molecule has 1 aliphatic heterocycles. The van der Waals surface area contributed by atoms with E-state index in [0.717, 1.165) is 0 Å². The van der Waals surface area contributed by atoms with Gasteiger partial charge in [0.05, 0.1) is 25.6 Å². The van der Waals surface area contributed by atoms with Crippen molar-refractivity contribution in [3.63, 3.8) is 0 Å². The van der Waals surface area contributed by atoms with E-state index in [1.807, 2.05) is 18.2 Å². The van der Waals surface area contributed by atoms with Gasteiger partial charge in [-0.2, -0.15) is 0 Å². The number of hydrogen-bond donors (Lipinski definition) is 1. The van der Waals surface area contributed by atoms with Crippen LogP contribution in [0.1, 0.15) is 0 Å². The van der Waals surface area contributed by atoms with Crippen LogP contribution in [-0.2, 0) is 4.79 Å². The van der Waals surface area contributed by atoms with Crippen molar-refractivity contribution < 1.29 is 19.1 Å². The fraction of sp³-hybridized carbons (Fsp3) is 0.263. The number of carbonyl (C=O) groups excluding carboxylic acids is 2. The second-order valence-electron chi connectivity index (χ2n) is 5.92. The molecule has 1 N–H and O–H groups in total. The molecule has 3 rings (SSSR count). The van der Waals surface area contributed by atoms with Gasteiger partial charge in [-0.15, -0.1) is 0 Å². The molecule has 3 amide bonds. The van der Waals surface area contributed by atoms with Crippen LogP contribution in [0.25, 0.3) is 0 Å². The van der Waals surface area contributed by atoms with Crippen LogP contribution in [0.5, 0.6) is 11.5 Å². The lowest BCUT2D eigenvalue weighted by molar-refractivity contribution is -0.116. The summed E-state index contributed by atoms with van der Waals surface area (Å²) in [5.74, 6) is 0.780. The molecule has 0 aromatic heterocycles. The lowest BCUT2D eigenvalue weighted by Crippen LogP contribution is -2.37. The molecular weight excluding hydrogens is 370 g/mol. The van der Waals surface area contributed by atoms with Gasteiger partial charge in [-0.25, -0.2) is 4.79 Å². The molecule has 1 fully saturated rings. The van der Waals surface area contributed by atoms with E-state index in [4.69, 9.17) is 21.1 Å². The number of benzene rings is 2. The minimum absolute atomic E-state index is 0.0693. The van der Waals surface area contributed by atoms with Crippen molar-refractivity contribution in [3.8, 4) is 11.5 Å². The standard InChI is InChI=1S/C19H20ClN3O4/c1-26-16-8-7-13(20)11-14(16)21-18(24)12-22-9-10-23(19(22)25)15-5-3-4-6-17(15)27-2/h3-8,11H,9-10,12H2,1-2H3,(H,21,24). The average molecular weight is 390 g/mol. The number of hydrogen-bond acceptors (Lipinski definition) is 4. The Morgan fingerprint density at radius 1 is 1.11 bits per heavy atom. The quantitative estimate of drug-likeness (QED) is 0.823. The number of anilines is 2. The molecule has 1 saturated heterocycles. The second kappa shape index (κ2) is 8.18. The van der Waals surface area contributed by atoms with Gasteiger partial charge in [0.25, 0.3) is 0 Å². The molecule has 0 spiro atoms. The van der Waals surface area contributed by atoms with Crippen LogP contribution in [-0.4, -0.2) is 50.7 Å². The summed E-state index contributed by atoms with van der Waals surface area (Å²) in [7, 11) is 3.07. The number of urea groups is 1. The summed E-state index contributed by atoms with van der Waals surface area (Å²) in [6.45, 7) is 0.851. The first-order chi connectivity index (χ1) is 13.0. The van der Waals surface area contributed by atoms with Crippen LogP contribution in [0, 0.1) is 0 Å². The molecule has 8 heteroatoms. The Morgan fingerprint density at radius 3 is 2.59 bits per heavy atom. The molecule has 0 aliphatic carbocycles. The number of amides is 3. The zero-order chi connectivity index (χ0) is 19.4. The highest BCUT2D eigenvalue weighted by Crippen LogP contribution is 2.31. The third kappa shape index (κ3) is 4.09. The van der Waals surface area contributed by atoms with Gasteiger partial charge in [0.15, 0.2) is 0 Å². The Bertz CT molecular complexity index is 859. The predicted molar refractivity (Wildman–Crippen MR) is 104 cm³/mol. The topological polar surface area (TPSA) is 71.1 Å². The zero-order valence-corrected chi connectivity index (χ0v) is 15.8. The van der Waals surface area contributed by atoms with Crippen molar-refractivity contribution in [2.24, 2.45) is 0 Å². The van der Waals surface area contributed by atoms with Crippen molar-refractivity contribution in [2.75, 3.05) is 44.1 Å². The van der Waals surface area contributed by atoms with Gasteiger partial charge in [0.1, 0.15) is 18.0 Å². The van der Waals surface area contributed by atoms with E-state index in [-0.39, 0.29) is 18.5 Å². The van der Waals surface area contributed by atoms with Crippen molar-refractivity contribution in [1.29, 1.82) is 0 Å². The number of nitrogens with zero attached hydrogens (tertiary/aromatic N) is 2. The van der Waals surface area contributed by atoms with Crippen molar-refractivity contribution in [2.45, 2.75) is 0 Å². The summed E-state index contributed by atoms with van der Waals surface area (Å²) in [5, 5.41) is 3.22. The highest BCUT2D eigenvalue weighted by Gasteiger charge is 2.32. The van der Waals surface area contributed by atoms with E-state index in [1.54, 1.807) is 36.3 Å². The zero-order valence-electron chi connectivity index (χ0n) is 15.1. The number of halogens is 1. The van der Waals surface area contributed by atoms with Crippen LogP contribution < -0.4 is 19.7 Å². The maximum Gasteiger partial charge on any atom is 0.325 e. The third-order valence-electron chi connectivity index (χ3n) is 4.24. The molecule has 0 unspecified atom stereocenters. The van der Waals surface area contributed by atoms with Crippen LogP contribution in [0.3, 0.4) is 0 Å². The van der Waals surface area contributed by atoms with Gasteiger partial charge < -0.3 is 19.7 Å². The number of methoxy groups -OCH3 is 2. The molecular formula is C19H20ClN3O4. The molecule has 27 heavy (non-hydrogen) atoms. The Hall–Kier alpha value is -2.93. The minimum Gasteiger partial charge on any atom is -0.495 e. The first-order valence-electron chi connectivity index (χ1n) is 8.36. The van der Waals surface area contributed by atoms with Crippen LogP contribution in [0.4, 0.5) is 16.2 Å². The molecule has 0 bridgehead atoms. The highest BCUT2D eigenvalue weighted by molar-refractivity contribution is 6.31. The van der Waals surface area contributed by atoms with E-state index < -0.39 is 0 Å². The molecule has 2 aromatic rings. The fourth-order valence-corrected chi connectivity index (χ4v) is 3.12. The summed E-state index contributed by atoms with van der Waals surface area (Å²) in [4.78, 5) is 28.2. The van der Waals surface area contributed by atoms with Gasteiger partial charge >= 0.3 is 6.03 Å². The average Bonchev–Trinajstić information content (AvgIpc) is 3.02. The Balaban J connectivity index is 1.68. The maximum absolute atomic E-state index is 12.7. The molecule has 1 aliphatic rings. The number of nitrogens with one attached hydrogen (secondary N) is 1. The van der Waals surface area contributed by atoms with Crippen molar-refractivity contribution >= 4 is 34.9 Å². The SMILES string of the molecule is COc1ccc(Cl)cc1NC(=O)CN1CCN(c2ccccc2OC)C1=O. The number of ether oxygens (including phenoxy) is 2. The van der Waals surface area contributed by atoms with Crippen LogP contribution in [0.2, 0.25) is 5.02 Å². The number of carbonyl (C=O) groups is 2. The van der Waals surface area contributed by atoms with Gasteiger partial charge in [0.2, 0.25) is 5.91 Å². The van der Waals surface area contributed by atoms with Gasteiger partial charge in [0, 0.05) is 18.1 Å². The van der Waals surface area contributed by atoms with Crippen LogP contribution >= 0.6 is 11.6 Å². The first kappa shape index (κ1) is 18.8.